The molecule has 0 amide bonds. The molecule has 1 heterocycles. The Balaban J connectivity index is 3.26. The van der Waals surface area contributed by atoms with Gasteiger partial charge >= 0.3 is 12.3 Å². The molecule has 0 bridgehead atoms. The highest BCUT2D eigenvalue weighted by molar-refractivity contribution is 5.71. The predicted octanol–water partition coefficient (Wildman–Crippen LogP) is 1.93. The highest BCUT2D eigenvalue weighted by Gasteiger charge is 2.35. The van der Waals surface area contributed by atoms with Crippen LogP contribution in [0.5, 0.6) is 5.75 Å². The Bertz CT molecular complexity index is 552. The summed E-state index contributed by atoms with van der Waals surface area (Å²) in [5.74, 6) is -2.41. The van der Waals surface area contributed by atoms with Crippen LogP contribution >= 0.6 is 0 Å². The van der Waals surface area contributed by atoms with Gasteiger partial charge in [-0.05, 0) is 6.07 Å². The monoisotopic (exact) mass is 301 g/mol. The van der Waals surface area contributed by atoms with Crippen LogP contribution in [0.15, 0.2) is 10.9 Å². The van der Waals surface area contributed by atoms with Crippen LogP contribution in [-0.2, 0) is 16.0 Å². The molecule has 0 radical (unpaired) electrons. The highest BCUT2D eigenvalue weighted by Crippen LogP contribution is 2.30. The number of alkyl halides is 5. The fraction of sp³-hybridized carbons (Fsp3) is 0.400. The zero-order valence-corrected chi connectivity index (χ0v) is 9.88. The molecule has 0 saturated heterocycles. The maximum absolute atomic E-state index is 12.7. The number of H-pyrrole nitrogens is 1. The number of aromatic nitrogens is 1. The molecule has 1 N–H and O–H groups in total. The van der Waals surface area contributed by atoms with Gasteiger partial charge in [0.25, 0.3) is 12.0 Å². The van der Waals surface area contributed by atoms with Crippen molar-refractivity contribution in [2.75, 3.05) is 7.11 Å². The molecule has 5 nitrogen and oxygen atoms in total. The van der Waals surface area contributed by atoms with E-state index in [1.165, 1.54) is 0 Å². The number of rotatable bonds is 4. The number of esters is 1. The number of ether oxygens (including phenoxy) is 2. The zero-order valence-electron chi connectivity index (χ0n) is 9.88. The maximum atomic E-state index is 12.7. The van der Waals surface area contributed by atoms with Crippen LogP contribution in [0.3, 0.4) is 0 Å². The van der Waals surface area contributed by atoms with Crippen molar-refractivity contribution in [3.8, 4) is 5.75 Å². The Morgan fingerprint density at radius 2 is 2.00 bits per heavy atom. The largest absolute Gasteiger partial charge is 0.573 e. The van der Waals surface area contributed by atoms with Crippen molar-refractivity contribution in [3.63, 3.8) is 0 Å². The predicted molar refractivity (Wildman–Crippen MR) is 54.4 cm³/mol. The van der Waals surface area contributed by atoms with Crippen LogP contribution in [0.1, 0.15) is 17.7 Å². The van der Waals surface area contributed by atoms with E-state index in [0.29, 0.717) is 6.07 Å². The van der Waals surface area contributed by atoms with Gasteiger partial charge in [-0.15, -0.1) is 13.2 Å². The van der Waals surface area contributed by atoms with E-state index in [-0.39, 0.29) is 5.69 Å². The smallest absolute Gasteiger partial charge is 0.469 e. The molecule has 0 unspecified atom stereocenters. The van der Waals surface area contributed by atoms with Crippen LogP contribution in [0, 0.1) is 0 Å². The van der Waals surface area contributed by atoms with E-state index in [1.54, 1.807) is 0 Å². The third-order valence-electron chi connectivity index (χ3n) is 2.09. The SMILES string of the molecule is COC(=O)Cc1cc(C(F)F)c(OC(F)(F)F)c(=O)[nH]1. The minimum Gasteiger partial charge on any atom is -0.469 e. The summed E-state index contributed by atoms with van der Waals surface area (Å²) in [6.07, 6.45) is -9.25. The number of carbonyl (C=O) groups is 1. The highest BCUT2D eigenvalue weighted by atomic mass is 19.4. The minimum absolute atomic E-state index is 0.313. The normalized spacial score (nSPS) is 11.6. The lowest BCUT2D eigenvalue weighted by Crippen LogP contribution is -2.25. The average molecular weight is 301 g/mol. The quantitative estimate of drug-likeness (QED) is 0.681. The molecule has 0 aromatic carbocycles. The molecular weight excluding hydrogens is 293 g/mol. The summed E-state index contributed by atoms with van der Waals surface area (Å²) in [7, 11) is 1.02. The molecule has 0 fully saturated rings. The van der Waals surface area contributed by atoms with E-state index in [9.17, 15) is 31.5 Å². The summed E-state index contributed by atoms with van der Waals surface area (Å²) in [5.41, 5.74) is -3.09. The molecule has 0 atom stereocenters. The lowest BCUT2D eigenvalue weighted by Gasteiger charge is -2.13. The number of pyridine rings is 1. The molecule has 0 spiro atoms. The first-order chi connectivity index (χ1) is 9.14. The molecule has 1 aromatic rings. The van der Waals surface area contributed by atoms with Crippen molar-refractivity contribution < 1.29 is 36.2 Å². The topological polar surface area (TPSA) is 68.4 Å². The number of hydrogen-bond donors (Lipinski definition) is 1. The van der Waals surface area contributed by atoms with E-state index in [2.05, 4.69) is 9.47 Å². The Morgan fingerprint density at radius 3 is 2.45 bits per heavy atom. The number of halogens is 5. The lowest BCUT2D eigenvalue weighted by molar-refractivity contribution is -0.275. The van der Waals surface area contributed by atoms with Crippen LogP contribution < -0.4 is 10.3 Å². The number of nitrogens with one attached hydrogen (secondary N) is 1. The van der Waals surface area contributed by atoms with Crippen LogP contribution in [-0.4, -0.2) is 24.4 Å². The third-order valence-corrected chi connectivity index (χ3v) is 2.09. The van der Waals surface area contributed by atoms with Crippen molar-refractivity contribution in [3.05, 3.63) is 27.7 Å². The van der Waals surface area contributed by atoms with Crippen LogP contribution in [0.2, 0.25) is 0 Å². The fourth-order valence-corrected chi connectivity index (χ4v) is 1.33. The van der Waals surface area contributed by atoms with Crippen LogP contribution in [0.25, 0.3) is 0 Å². The first kappa shape index (κ1) is 15.9. The van der Waals surface area contributed by atoms with Gasteiger partial charge in [-0.3, -0.25) is 9.59 Å². The van der Waals surface area contributed by atoms with Gasteiger partial charge in [-0.1, -0.05) is 0 Å². The Morgan fingerprint density at radius 1 is 1.40 bits per heavy atom. The van der Waals surface area contributed by atoms with E-state index in [1.807, 2.05) is 4.98 Å². The Labute approximate surface area is 108 Å². The van der Waals surface area contributed by atoms with E-state index in [0.717, 1.165) is 7.11 Å². The Hall–Kier alpha value is -2.13. The third kappa shape index (κ3) is 4.21. The second-order valence-corrected chi connectivity index (χ2v) is 3.51. The number of hydrogen-bond acceptors (Lipinski definition) is 4. The van der Waals surface area contributed by atoms with Gasteiger partial charge in [-0.25, -0.2) is 8.78 Å². The summed E-state index contributed by atoms with van der Waals surface area (Å²) in [4.78, 5) is 24.1. The van der Waals surface area contributed by atoms with E-state index in [4.69, 9.17) is 0 Å². The van der Waals surface area contributed by atoms with Gasteiger partial charge in [0, 0.05) is 5.69 Å². The molecule has 10 heteroatoms. The van der Waals surface area contributed by atoms with Gasteiger partial charge < -0.3 is 14.5 Å². The van der Waals surface area contributed by atoms with Crippen molar-refractivity contribution >= 4 is 5.97 Å². The zero-order chi connectivity index (χ0) is 15.5. The number of methoxy groups -OCH3 is 1. The molecule has 0 aliphatic heterocycles. The second kappa shape index (κ2) is 5.88. The standard InChI is InChI=1S/C10H8F5NO4/c1-19-6(17)3-4-2-5(8(11)12)7(9(18)16-4)20-10(13,14)15/h2,8H,3H2,1H3,(H,16,18). The van der Waals surface area contributed by atoms with E-state index >= 15 is 0 Å². The summed E-state index contributed by atoms with van der Waals surface area (Å²) in [6, 6.07) is 0.546. The number of aromatic amines is 1. The molecule has 1 rings (SSSR count). The van der Waals surface area contributed by atoms with Gasteiger partial charge in [0.05, 0.1) is 19.1 Å². The molecule has 0 aliphatic carbocycles. The molecule has 1 aromatic heterocycles. The summed E-state index contributed by atoms with van der Waals surface area (Å²) < 4.78 is 69.0. The van der Waals surface area contributed by atoms with Crippen LogP contribution in [0.4, 0.5) is 22.0 Å². The molecule has 112 valence electrons. The summed E-state index contributed by atoms with van der Waals surface area (Å²) in [5, 5.41) is 0. The van der Waals surface area contributed by atoms with E-state index < -0.39 is 42.1 Å². The van der Waals surface area contributed by atoms with Gasteiger partial charge in [-0.2, -0.15) is 0 Å². The average Bonchev–Trinajstić information content (AvgIpc) is 2.30. The fourth-order valence-electron chi connectivity index (χ4n) is 1.33. The van der Waals surface area contributed by atoms with Gasteiger partial charge in [0.15, 0.2) is 0 Å². The molecule has 20 heavy (non-hydrogen) atoms. The van der Waals surface area contributed by atoms with Crippen molar-refractivity contribution in [1.29, 1.82) is 0 Å². The molecular formula is C10H8F5NO4. The molecule has 0 saturated carbocycles. The number of carbonyl (C=O) groups excluding carboxylic acids is 1. The van der Waals surface area contributed by atoms with Crippen molar-refractivity contribution in [2.24, 2.45) is 0 Å². The molecule has 0 aliphatic rings. The van der Waals surface area contributed by atoms with Crippen molar-refractivity contribution in [2.45, 2.75) is 19.2 Å². The summed E-state index contributed by atoms with van der Waals surface area (Å²) in [6.45, 7) is 0. The summed E-state index contributed by atoms with van der Waals surface area (Å²) >= 11 is 0. The first-order valence-corrected chi connectivity index (χ1v) is 5.01. The minimum atomic E-state index is -5.29. The lowest BCUT2D eigenvalue weighted by atomic mass is 10.2. The van der Waals surface area contributed by atoms with Crippen molar-refractivity contribution in [1.82, 2.24) is 4.98 Å². The first-order valence-electron chi connectivity index (χ1n) is 5.01. The maximum Gasteiger partial charge on any atom is 0.573 e. The Kier molecular flexibility index (Phi) is 4.69. The van der Waals surface area contributed by atoms with Gasteiger partial charge in [0.1, 0.15) is 0 Å². The second-order valence-electron chi connectivity index (χ2n) is 3.51. The van der Waals surface area contributed by atoms with Gasteiger partial charge in [0.2, 0.25) is 5.75 Å².